The van der Waals surface area contributed by atoms with E-state index in [4.69, 9.17) is 14.6 Å². The van der Waals surface area contributed by atoms with Crippen molar-refractivity contribution in [2.24, 2.45) is 11.8 Å². The first kappa shape index (κ1) is 15.2. The average molecular weight is 293 g/mol. The van der Waals surface area contributed by atoms with Crippen molar-refractivity contribution in [3.8, 4) is 11.5 Å². The molecule has 1 saturated carbocycles. The number of methoxy groups -OCH3 is 1. The molecule has 1 aliphatic rings. The van der Waals surface area contributed by atoms with E-state index in [1.165, 1.54) is 4.90 Å². The second kappa shape index (κ2) is 6.47. The molecule has 1 aromatic rings. The summed E-state index contributed by atoms with van der Waals surface area (Å²) in [7, 11) is 3.26. The highest BCUT2D eigenvalue weighted by atomic mass is 16.5. The summed E-state index contributed by atoms with van der Waals surface area (Å²) in [6, 6.07) is 7.18. The fourth-order valence-corrected chi connectivity index (χ4v) is 2.11. The standard InChI is InChI=1S/C15H19NO5/c1-16(14(17)12-9-13(12)15(18)19)7-8-21-11-5-3-10(20-2)4-6-11/h3-6,12-13H,7-9H2,1-2H3,(H,18,19)/t12-,13+/m1/s1. The summed E-state index contributed by atoms with van der Waals surface area (Å²) in [6.07, 6.45) is 0.442. The maximum atomic E-state index is 11.9. The number of nitrogens with zero attached hydrogens (tertiary/aromatic N) is 1. The first-order valence-electron chi connectivity index (χ1n) is 6.77. The van der Waals surface area contributed by atoms with Gasteiger partial charge in [-0.2, -0.15) is 0 Å². The number of carbonyl (C=O) groups is 2. The van der Waals surface area contributed by atoms with Gasteiger partial charge in [0.15, 0.2) is 0 Å². The topological polar surface area (TPSA) is 76.1 Å². The van der Waals surface area contributed by atoms with E-state index < -0.39 is 11.9 Å². The number of carboxylic acid groups (broad SMARTS) is 1. The molecule has 0 bridgehead atoms. The Hall–Kier alpha value is -2.24. The molecule has 2 rings (SSSR count). The molecule has 1 fully saturated rings. The van der Waals surface area contributed by atoms with Crippen LogP contribution in [0, 0.1) is 11.8 Å². The molecule has 1 amide bonds. The fourth-order valence-electron chi connectivity index (χ4n) is 2.11. The lowest BCUT2D eigenvalue weighted by Gasteiger charge is -2.17. The monoisotopic (exact) mass is 293 g/mol. The Morgan fingerprint density at radius 2 is 1.86 bits per heavy atom. The Morgan fingerprint density at radius 3 is 2.38 bits per heavy atom. The van der Waals surface area contributed by atoms with Gasteiger partial charge >= 0.3 is 5.97 Å². The third-order valence-electron chi connectivity index (χ3n) is 3.56. The maximum Gasteiger partial charge on any atom is 0.307 e. The van der Waals surface area contributed by atoms with Crippen molar-refractivity contribution in [2.75, 3.05) is 27.3 Å². The Kier molecular flexibility index (Phi) is 4.67. The van der Waals surface area contributed by atoms with Gasteiger partial charge in [-0.15, -0.1) is 0 Å². The van der Waals surface area contributed by atoms with E-state index in [0.29, 0.717) is 25.3 Å². The van der Waals surface area contributed by atoms with Gasteiger partial charge in [0.05, 0.1) is 25.5 Å². The number of amides is 1. The van der Waals surface area contributed by atoms with Gasteiger partial charge in [0.1, 0.15) is 18.1 Å². The molecule has 0 aliphatic heterocycles. The molecule has 114 valence electrons. The number of rotatable bonds is 7. The van der Waals surface area contributed by atoms with Crippen LogP contribution in [0.4, 0.5) is 0 Å². The van der Waals surface area contributed by atoms with Crippen molar-refractivity contribution in [1.29, 1.82) is 0 Å². The Bertz CT molecular complexity index is 513. The van der Waals surface area contributed by atoms with Crippen molar-refractivity contribution < 1.29 is 24.2 Å². The molecule has 1 N–H and O–H groups in total. The van der Waals surface area contributed by atoms with E-state index in [2.05, 4.69) is 0 Å². The van der Waals surface area contributed by atoms with E-state index in [1.807, 2.05) is 0 Å². The summed E-state index contributed by atoms with van der Waals surface area (Å²) >= 11 is 0. The average Bonchev–Trinajstić information content (AvgIpc) is 3.27. The molecule has 21 heavy (non-hydrogen) atoms. The van der Waals surface area contributed by atoms with Crippen molar-refractivity contribution in [1.82, 2.24) is 4.90 Å². The van der Waals surface area contributed by atoms with Crippen LogP contribution in [0.5, 0.6) is 11.5 Å². The molecule has 0 unspecified atom stereocenters. The van der Waals surface area contributed by atoms with E-state index in [-0.39, 0.29) is 11.8 Å². The van der Waals surface area contributed by atoms with E-state index >= 15 is 0 Å². The summed E-state index contributed by atoms with van der Waals surface area (Å²) < 4.78 is 10.6. The van der Waals surface area contributed by atoms with Crippen molar-refractivity contribution in [3.05, 3.63) is 24.3 Å². The van der Waals surface area contributed by atoms with Gasteiger partial charge in [-0.1, -0.05) is 0 Å². The fraction of sp³-hybridized carbons (Fsp3) is 0.467. The van der Waals surface area contributed by atoms with Gasteiger partial charge in [0, 0.05) is 7.05 Å². The molecule has 1 aliphatic carbocycles. The smallest absolute Gasteiger partial charge is 0.307 e. The largest absolute Gasteiger partial charge is 0.497 e. The van der Waals surface area contributed by atoms with Crippen LogP contribution < -0.4 is 9.47 Å². The third-order valence-corrected chi connectivity index (χ3v) is 3.56. The molecule has 0 heterocycles. The van der Waals surface area contributed by atoms with Gasteiger partial charge in [-0.05, 0) is 30.7 Å². The third kappa shape index (κ3) is 3.87. The highest BCUT2D eigenvalue weighted by Gasteiger charge is 2.49. The predicted octanol–water partition coefficient (Wildman–Crippen LogP) is 1.25. The molecule has 0 saturated heterocycles. The Balaban J connectivity index is 1.72. The number of ether oxygens (including phenoxy) is 2. The zero-order chi connectivity index (χ0) is 15.4. The minimum Gasteiger partial charge on any atom is -0.497 e. The van der Waals surface area contributed by atoms with Crippen molar-refractivity contribution in [2.45, 2.75) is 6.42 Å². The van der Waals surface area contributed by atoms with Crippen LogP contribution in [-0.2, 0) is 9.59 Å². The zero-order valence-corrected chi connectivity index (χ0v) is 12.1. The number of carboxylic acids is 1. The van der Waals surface area contributed by atoms with Crippen LogP contribution in [0.3, 0.4) is 0 Å². The lowest BCUT2D eigenvalue weighted by Crippen LogP contribution is -2.32. The Labute approximate surface area is 123 Å². The van der Waals surface area contributed by atoms with E-state index in [0.717, 1.165) is 5.75 Å². The van der Waals surface area contributed by atoms with Gasteiger partial charge in [0.25, 0.3) is 0 Å². The zero-order valence-electron chi connectivity index (χ0n) is 12.1. The quantitative estimate of drug-likeness (QED) is 0.819. The van der Waals surface area contributed by atoms with Gasteiger partial charge in [-0.3, -0.25) is 9.59 Å². The molecule has 0 aromatic heterocycles. The number of aliphatic carboxylic acids is 1. The second-order valence-corrected chi connectivity index (χ2v) is 5.07. The second-order valence-electron chi connectivity index (χ2n) is 5.07. The first-order valence-corrected chi connectivity index (χ1v) is 6.77. The van der Waals surface area contributed by atoms with Gasteiger partial charge < -0.3 is 19.5 Å². The molecule has 2 atom stereocenters. The molecule has 6 heteroatoms. The van der Waals surface area contributed by atoms with Crippen molar-refractivity contribution >= 4 is 11.9 Å². The molecule has 1 aromatic carbocycles. The lowest BCUT2D eigenvalue weighted by atomic mass is 10.3. The number of carbonyl (C=O) groups excluding carboxylic acids is 1. The summed E-state index contributed by atoms with van der Waals surface area (Å²) in [5, 5.41) is 8.82. The van der Waals surface area contributed by atoms with Crippen LogP contribution >= 0.6 is 0 Å². The highest BCUT2D eigenvalue weighted by Crippen LogP contribution is 2.39. The predicted molar refractivity (Wildman–Crippen MR) is 75.4 cm³/mol. The lowest BCUT2D eigenvalue weighted by molar-refractivity contribution is -0.141. The molecule has 0 spiro atoms. The SMILES string of the molecule is COc1ccc(OCCN(C)C(=O)[C@@H]2C[C@@H]2C(=O)O)cc1. The maximum absolute atomic E-state index is 11.9. The van der Waals surface area contributed by atoms with Crippen LogP contribution in [-0.4, -0.2) is 49.2 Å². The first-order chi connectivity index (χ1) is 10.0. The highest BCUT2D eigenvalue weighted by molar-refractivity contribution is 5.89. The molecule has 6 nitrogen and oxygen atoms in total. The van der Waals surface area contributed by atoms with Gasteiger partial charge in [-0.25, -0.2) is 0 Å². The van der Waals surface area contributed by atoms with Gasteiger partial charge in [0.2, 0.25) is 5.91 Å². The number of benzene rings is 1. The van der Waals surface area contributed by atoms with E-state index in [1.54, 1.807) is 38.4 Å². The molecular formula is C15H19NO5. The summed E-state index contributed by atoms with van der Waals surface area (Å²) in [5.74, 6) is -0.442. The summed E-state index contributed by atoms with van der Waals surface area (Å²) in [4.78, 5) is 24.2. The van der Waals surface area contributed by atoms with Crippen LogP contribution in [0.25, 0.3) is 0 Å². The van der Waals surface area contributed by atoms with E-state index in [9.17, 15) is 9.59 Å². The van der Waals surface area contributed by atoms with Crippen molar-refractivity contribution in [3.63, 3.8) is 0 Å². The molecule has 0 radical (unpaired) electrons. The Morgan fingerprint density at radius 1 is 1.24 bits per heavy atom. The van der Waals surface area contributed by atoms with Crippen LogP contribution in [0.15, 0.2) is 24.3 Å². The normalized spacial score (nSPS) is 19.7. The van der Waals surface area contributed by atoms with Crippen LogP contribution in [0.2, 0.25) is 0 Å². The minimum absolute atomic E-state index is 0.124. The number of likely N-dealkylation sites (N-methyl/N-ethyl adjacent to an activating group) is 1. The minimum atomic E-state index is -0.892. The number of hydrogen-bond acceptors (Lipinski definition) is 4. The van der Waals surface area contributed by atoms with Crippen LogP contribution in [0.1, 0.15) is 6.42 Å². The molecular weight excluding hydrogens is 274 g/mol. The summed E-state index contributed by atoms with van der Waals surface area (Å²) in [6.45, 7) is 0.784. The number of hydrogen-bond donors (Lipinski definition) is 1. The summed E-state index contributed by atoms with van der Waals surface area (Å²) in [5.41, 5.74) is 0.